The Kier molecular flexibility index (Phi) is 5.49. The summed E-state index contributed by atoms with van der Waals surface area (Å²) in [5, 5.41) is 0. The average Bonchev–Trinajstić information content (AvgIpc) is 2.33. The van der Waals surface area contributed by atoms with Gasteiger partial charge in [0, 0.05) is 38.1 Å². The van der Waals surface area contributed by atoms with Gasteiger partial charge in [0.1, 0.15) is 0 Å². The van der Waals surface area contributed by atoms with Crippen molar-refractivity contribution in [3.05, 3.63) is 24.3 Å². The van der Waals surface area contributed by atoms with Crippen LogP contribution in [0.5, 0.6) is 0 Å². The van der Waals surface area contributed by atoms with Crippen LogP contribution < -0.4 is 10.6 Å². The maximum atomic E-state index is 11.8. The van der Waals surface area contributed by atoms with Gasteiger partial charge in [0.05, 0.1) is 0 Å². The summed E-state index contributed by atoms with van der Waals surface area (Å²) in [6.07, 6.45) is 1.24. The molecule has 0 saturated carbocycles. The van der Waals surface area contributed by atoms with Crippen molar-refractivity contribution in [1.29, 1.82) is 0 Å². The Morgan fingerprint density at radius 1 is 1.47 bits per heavy atom. The molecule has 0 radical (unpaired) electrons. The molecule has 2 N–H and O–H groups in total. The lowest BCUT2D eigenvalue weighted by Crippen LogP contribution is -2.26. The van der Waals surface area contributed by atoms with E-state index in [1.165, 1.54) is 0 Å². The van der Waals surface area contributed by atoms with Crippen molar-refractivity contribution in [2.24, 2.45) is 0 Å². The summed E-state index contributed by atoms with van der Waals surface area (Å²) in [5.74, 6) is 0.0790. The molecular formula is C13H20N2O2. The van der Waals surface area contributed by atoms with Gasteiger partial charge in [-0.2, -0.15) is 0 Å². The van der Waals surface area contributed by atoms with E-state index >= 15 is 0 Å². The van der Waals surface area contributed by atoms with E-state index in [0.29, 0.717) is 25.3 Å². The minimum absolute atomic E-state index is 0.0790. The summed E-state index contributed by atoms with van der Waals surface area (Å²) in [5.41, 5.74) is 7.17. The van der Waals surface area contributed by atoms with Crippen molar-refractivity contribution < 1.29 is 9.53 Å². The van der Waals surface area contributed by atoms with Crippen LogP contribution in [0.1, 0.15) is 19.8 Å². The standard InChI is InChI=1S/C13H20N2O2/c1-3-17-9-5-8-13(16)15(2)12-7-4-6-11(14)10-12/h4,6-7,10H,3,5,8-9,14H2,1-2H3. The molecule has 0 atom stereocenters. The number of benzene rings is 1. The zero-order valence-electron chi connectivity index (χ0n) is 10.5. The van der Waals surface area contributed by atoms with E-state index in [2.05, 4.69) is 0 Å². The Labute approximate surface area is 102 Å². The van der Waals surface area contributed by atoms with Gasteiger partial charge in [-0.15, -0.1) is 0 Å². The zero-order chi connectivity index (χ0) is 12.7. The Morgan fingerprint density at radius 2 is 2.24 bits per heavy atom. The summed E-state index contributed by atoms with van der Waals surface area (Å²) in [6.45, 7) is 3.27. The van der Waals surface area contributed by atoms with Gasteiger partial charge in [0.15, 0.2) is 0 Å². The van der Waals surface area contributed by atoms with E-state index in [0.717, 1.165) is 12.1 Å². The molecule has 1 aromatic rings. The molecule has 0 unspecified atom stereocenters. The van der Waals surface area contributed by atoms with Crippen LogP contribution in [-0.2, 0) is 9.53 Å². The summed E-state index contributed by atoms with van der Waals surface area (Å²) in [4.78, 5) is 13.5. The van der Waals surface area contributed by atoms with E-state index in [-0.39, 0.29) is 5.91 Å². The number of amides is 1. The van der Waals surface area contributed by atoms with Crippen molar-refractivity contribution in [3.8, 4) is 0 Å². The number of ether oxygens (including phenoxy) is 1. The largest absolute Gasteiger partial charge is 0.399 e. The summed E-state index contributed by atoms with van der Waals surface area (Å²) < 4.78 is 5.20. The molecule has 0 aliphatic carbocycles. The van der Waals surface area contributed by atoms with E-state index in [9.17, 15) is 4.79 Å². The summed E-state index contributed by atoms with van der Waals surface area (Å²) in [6, 6.07) is 7.31. The predicted octanol–water partition coefficient (Wildman–Crippen LogP) is 2.05. The number of nitrogens with two attached hydrogens (primary N) is 1. The monoisotopic (exact) mass is 236 g/mol. The molecule has 0 aliphatic heterocycles. The molecule has 17 heavy (non-hydrogen) atoms. The van der Waals surface area contributed by atoms with Crippen LogP contribution in [0.15, 0.2) is 24.3 Å². The van der Waals surface area contributed by atoms with Crippen LogP contribution in [0.4, 0.5) is 11.4 Å². The van der Waals surface area contributed by atoms with Gasteiger partial charge in [0.25, 0.3) is 0 Å². The summed E-state index contributed by atoms with van der Waals surface area (Å²) in [7, 11) is 1.76. The fraction of sp³-hybridized carbons (Fsp3) is 0.462. The Morgan fingerprint density at radius 3 is 2.88 bits per heavy atom. The second kappa shape index (κ2) is 6.91. The minimum atomic E-state index is 0.0790. The van der Waals surface area contributed by atoms with Crippen LogP contribution in [0.2, 0.25) is 0 Å². The number of rotatable bonds is 6. The molecule has 0 aromatic heterocycles. The first-order valence-electron chi connectivity index (χ1n) is 5.85. The lowest BCUT2D eigenvalue weighted by molar-refractivity contribution is -0.118. The molecule has 1 aromatic carbocycles. The molecular weight excluding hydrogens is 216 g/mol. The van der Waals surface area contributed by atoms with Crippen LogP contribution in [0, 0.1) is 0 Å². The normalized spacial score (nSPS) is 10.2. The number of carbonyl (C=O) groups is 1. The van der Waals surface area contributed by atoms with Crippen molar-refractivity contribution in [1.82, 2.24) is 0 Å². The first kappa shape index (κ1) is 13.5. The van der Waals surface area contributed by atoms with E-state index in [4.69, 9.17) is 10.5 Å². The molecule has 4 heteroatoms. The second-order valence-electron chi connectivity index (χ2n) is 3.85. The highest BCUT2D eigenvalue weighted by molar-refractivity contribution is 5.93. The van der Waals surface area contributed by atoms with Crippen LogP contribution in [0.25, 0.3) is 0 Å². The SMILES string of the molecule is CCOCCCC(=O)N(C)c1cccc(N)c1. The highest BCUT2D eigenvalue weighted by Crippen LogP contribution is 2.17. The van der Waals surface area contributed by atoms with Crippen molar-refractivity contribution in [3.63, 3.8) is 0 Å². The van der Waals surface area contributed by atoms with Gasteiger partial charge >= 0.3 is 0 Å². The van der Waals surface area contributed by atoms with Crippen molar-refractivity contribution in [2.45, 2.75) is 19.8 Å². The predicted molar refractivity (Wildman–Crippen MR) is 70.0 cm³/mol. The molecule has 0 spiro atoms. The molecule has 1 amide bonds. The molecule has 4 nitrogen and oxygen atoms in total. The maximum absolute atomic E-state index is 11.8. The number of hydrogen-bond donors (Lipinski definition) is 1. The van der Waals surface area contributed by atoms with Gasteiger partial charge in [-0.3, -0.25) is 4.79 Å². The fourth-order valence-corrected chi connectivity index (χ4v) is 1.51. The third kappa shape index (κ3) is 4.44. The molecule has 0 saturated heterocycles. The number of hydrogen-bond acceptors (Lipinski definition) is 3. The fourth-order valence-electron chi connectivity index (χ4n) is 1.51. The van der Waals surface area contributed by atoms with Gasteiger partial charge < -0.3 is 15.4 Å². The molecule has 0 aliphatic rings. The average molecular weight is 236 g/mol. The second-order valence-corrected chi connectivity index (χ2v) is 3.85. The maximum Gasteiger partial charge on any atom is 0.226 e. The third-order valence-electron chi connectivity index (χ3n) is 2.52. The van der Waals surface area contributed by atoms with Gasteiger partial charge in [-0.05, 0) is 31.5 Å². The van der Waals surface area contributed by atoms with Gasteiger partial charge in [-0.25, -0.2) is 0 Å². The van der Waals surface area contributed by atoms with E-state index < -0.39 is 0 Å². The lowest BCUT2D eigenvalue weighted by atomic mass is 10.2. The minimum Gasteiger partial charge on any atom is -0.399 e. The van der Waals surface area contributed by atoms with Crippen molar-refractivity contribution in [2.75, 3.05) is 30.9 Å². The first-order chi connectivity index (χ1) is 8.15. The molecule has 0 heterocycles. The van der Waals surface area contributed by atoms with Crippen LogP contribution in [-0.4, -0.2) is 26.2 Å². The van der Waals surface area contributed by atoms with E-state index in [1.807, 2.05) is 19.1 Å². The number of anilines is 2. The Balaban J connectivity index is 2.46. The lowest BCUT2D eigenvalue weighted by Gasteiger charge is -2.17. The Bertz CT molecular complexity index is 366. The topological polar surface area (TPSA) is 55.6 Å². The zero-order valence-corrected chi connectivity index (χ0v) is 10.5. The third-order valence-corrected chi connectivity index (χ3v) is 2.52. The Hall–Kier alpha value is -1.55. The van der Waals surface area contributed by atoms with Crippen LogP contribution in [0.3, 0.4) is 0 Å². The quantitative estimate of drug-likeness (QED) is 0.607. The summed E-state index contributed by atoms with van der Waals surface area (Å²) >= 11 is 0. The number of nitrogens with zero attached hydrogens (tertiary/aromatic N) is 1. The molecule has 94 valence electrons. The number of carbonyl (C=O) groups excluding carboxylic acids is 1. The molecule has 0 bridgehead atoms. The van der Waals surface area contributed by atoms with E-state index in [1.54, 1.807) is 24.1 Å². The first-order valence-corrected chi connectivity index (χ1v) is 5.85. The molecule has 1 rings (SSSR count). The number of nitrogen functional groups attached to an aromatic ring is 1. The molecule has 0 fully saturated rings. The van der Waals surface area contributed by atoms with Crippen LogP contribution >= 0.6 is 0 Å². The van der Waals surface area contributed by atoms with Gasteiger partial charge in [0.2, 0.25) is 5.91 Å². The highest BCUT2D eigenvalue weighted by atomic mass is 16.5. The smallest absolute Gasteiger partial charge is 0.226 e. The highest BCUT2D eigenvalue weighted by Gasteiger charge is 2.10. The van der Waals surface area contributed by atoms with Crippen molar-refractivity contribution >= 4 is 17.3 Å². The van der Waals surface area contributed by atoms with Gasteiger partial charge in [-0.1, -0.05) is 6.07 Å².